The van der Waals surface area contributed by atoms with Gasteiger partial charge in [-0.3, -0.25) is 0 Å². The Bertz CT molecular complexity index is 500. The van der Waals surface area contributed by atoms with Crippen LogP contribution in [-0.2, 0) is 4.74 Å². The Balaban J connectivity index is 2.50. The molecule has 0 saturated heterocycles. The van der Waals surface area contributed by atoms with Crippen molar-refractivity contribution in [1.29, 1.82) is 0 Å². The molecule has 0 fully saturated rings. The third-order valence-corrected chi connectivity index (χ3v) is 10.1. The van der Waals surface area contributed by atoms with E-state index in [1.54, 1.807) is 0 Å². The maximum atomic E-state index is 5.97. The van der Waals surface area contributed by atoms with Crippen LogP contribution in [0.4, 0.5) is 0 Å². The number of hydrogen-bond acceptors (Lipinski definition) is 1. The van der Waals surface area contributed by atoms with Gasteiger partial charge in [0, 0.05) is 0 Å². The zero-order chi connectivity index (χ0) is 14.3. The van der Waals surface area contributed by atoms with E-state index >= 15 is 0 Å². The zero-order valence-corrected chi connectivity index (χ0v) is 14.0. The van der Waals surface area contributed by atoms with Gasteiger partial charge in [0.05, 0.1) is 33.3 Å². The molecule has 1 aliphatic carbocycles. The molecule has 1 aliphatic rings. The normalized spacial score (nSPS) is 19.1. The Morgan fingerprint density at radius 2 is 1.79 bits per heavy atom. The van der Waals surface area contributed by atoms with Crippen molar-refractivity contribution in [2.24, 2.45) is 0 Å². The molecule has 19 heavy (non-hydrogen) atoms. The first-order chi connectivity index (χ1) is 8.79. The van der Waals surface area contributed by atoms with Crippen LogP contribution in [0, 0.1) is 0 Å². The summed E-state index contributed by atoms with van der Waals surface area (Å²) in [6.45, 7) is 7.75. The van der Waals surface area contributed by atoms with E-state index < -0.39 is 8.24 Å². The number of nitrogens with zero attached hydrogens (tertiary/aromatic N) is 1. The first-order valence-electron chi connectivity index (χ1n) is 7.04. The first kappa shape index (κ1) is 14.3. The molecule has 2 nitrogen and oxygen atoms in total. The smallest absolute Gasteiger partial charge is 0.294 e. The summed E-state index contributed by atoms with van der Waals surface area (Å²) in [5.74, 6) is 1.17. The predicted molar refractivity (Wildman–Crippen MR) is 84.3 cm³/mol. The molecule has 0 saturated carbocycles. The van der Waals surface area contributed by atoms with Crippen LogP contribution in [0.3, 0.4) is 0 Å². The van der Waals surface area contributed by atoms with Crippen molar-refractivity contribution in [3.63, 3.8) is 0 Å². The number of quaternary nitrogens is 1. The fourth-order valence-corrected chi connectivity index (χ4v) is 5.36. The summed E-state index contributed by atoms with van der Waals surface area (Å²) in [5.41, 5.74) is 3.25. The standard InChI is InChI=1S/C16H26NOSi/c1-7-18-15-12-13-10-8-9-11-14(13)16(15)19(5,6)17(2,3)4/h8-12,16H,7H2,1-6H3/q+1. The molecule has 1 aromatic carbocycles. The van der Waals surface area contributed by atoms with Crippen molar-refractivity contribution in [2.75, 3.05) is 27.7 Å². The summed E-state index contributed by atoms with van der Waals surface area (Å²) in [5, 5.41) is 0. The monoisotopic (exact) mass is 276 g/mol. The molecule has 2 rings (SSSR count). The molecule has 0 amide bonds. The van der Waals surface area contributed by atoms with Gasteiger partial charge < -0.3 is 8.89 Å². The van der Waals surface area contributed by atoms with Crippen LogP contribution < -0.4 is 0 Å². The van der Waals surface area contributed by atoms with Gasteiger partial charge >= 0.3 is 0 Å². The molecule has 0 radical (unpaired) electrons. The molecular formula is C16H26NOSi+. The molecule has 0 bridgehead atoms. The summed E-state index contributed by atoms with van der Waals surface area (Å²) in [6, 6.07) is 8.73. The lowest BCUT2D eigenvalue weighted by Gasteiger charge is -2.43. The molecule has 0 N–H and O–H groups in total. The van der Waals surface area contributed by atoms with E-state index in [1.807, 2.05) is 0 Å². The second kappa shape index (κ2) is 4.80. The van der Waals surface area contributed by atoms with Gasteiger partial charge in [0.1, 0.15) is 5.76 Å². The Morgan fingerprint density at radius 3 is 2.37 bits per heavy atom. The molecule has 1 atom stereocenters. The van der Waals surface area contributed by atoms with Gasteiger partial charge in [-0.25, -0.2) is 0 Å². The van der Waals surface area contributed by atoms with E-state index in [0.717, 1.165) is 10.8 Å². The van der Waals surface area contributed by atoms with Crippen molar-refractivity contribution >= 4 is 14.3 Å². The third-order valence-electron chi connectivity index (χ3n) is 4.64. The number of ether oxygens (including phenoxy) is 1. The van der Waals surface area contributed by atoms with Gasteiger partial charge in [0.25, 0.3) is 8.24 Å². The summed E-state index contributed by atoms with van der Waals surface area (Å²) >= 11 is 0. The van der Waals surface area contributed by atoms with E-state index in [4.69, 9.17) is 4.74 Å². The quantitative estimate of drug-likeness (QED) is 0.763. The van der Waals surface area contributed by atoms with Crippen LogP contribution >= 0.6 is 0 Å². The van der Waals surface area contributed by atoms with Gasteiger partial charge in [0.2, 0.25) is 0 Å². The average molecular weight is 276 g/mol. The molecule has 0 heterocycles. The van der Waals surface area contributed by atoms with E-state index in [1.165, 1.54) is 16.9 Å². The lowest BCUT2D eigenvalue weighted by Crippen LogP contribution is -2.61. The number of benzene rings is 1. The van der Waals surface area contributed by atoms with Gasteiger partial charge in [-0.05, 0) is 37.2 Å². The minimum atomic E-state index is -1.58. The second-order valence-electron chi connectivity index (χ2n) is 6.71. The molecular weight excluding hydrogens is 250 g/mol. The fourth-order valence-electron chi connectivity index (χ4n) is 2.70. The zero-order valence-electron chi connectivity index (χ0n) is 13.0. The van der Waals surface area contributed by atoms with Crippen molar-refractivity contribution in [3.05, 3.63) is 41.2 Å². The molecule has 0 aliphatic heterocycles. The van der Waals surface area contributed by atoms with Crippen molar-refractivity contribution in [2.45, 2.75) is 25.6 Å². The summed E-state index contributed by atoms with van der Waals surface area (Å²) in [7, 11) is 5.37. The first-order valence-corrected chi connectivity index (χ1v) is 10.1. The maximum absolute atomic E-state index is 5.97. The average Bonchev–Trinajstić information content (AvgIpc) is 2.66. The molecule has 1 aromatic rings. The van der Waals surface area contributed by atoms with Crippen molar-refractivity contribution in [3.8, 4) is 0 Å². The summed E-state index contributed by atoms with van der Waals surface area (Å²) < 4.78 is 7.00. The number of rotatable bonds is 4. The Labute approximate surface area is 118 Å². The lowest BCUT2D eigenvalue weighted by molar-refractivity contribution is -0.769. The fraction of sp³-hybridized carbons (Fsp3) is 0.500. The SMILES string of the molecule is CCOC1=Cc2ccccc2C1[Si](C)(C)[N+](C)(C)C. The van der Waals surface area contributed by atoms with E-state index in [0.29, 0.717) is 5.54 Å². The number of fused-ring (bicyclic) bond motifs is 1. The summed E-state index contributed by atoms with van der Waals surface area (Å²) in [4.78, 5) is 0. The van der Waals surface area contributed by atoms with E-state index in [-0.39, 0.29) is 0 Å². The molecule has 104 valence electrons. The van der Waals surface area contributed by atoms with Crippen molar-refractivity contribution < 1.29 is 8.89 Å². The van der Waals surface area contributed by atoms with E-state index in [2.05, 4.69) is 71.5 Å². The van der Waals surface area contributed by atoms with Crippen molar-refractivity contribution in [1.82, 2.24) is 0 Å². The minimum Gasteiger partial charge on any atom is -0.498 e. The van der Waals surface area contributed by atoms with Crippen LogP contribution in [-0.4, -0.2) is 40.1 Å². The largest absolute Gasteiger partial charge is 0.498 e. The summed E-state index contributed by atoms with van der Waals surface area (Å²) in [6.07, 6.45) is 2.24. The highest BCUT2D eigenvalue weighted by atomic mass is 28.3. The predicted octanol–water partition coefficient (Wildman–Crippen LogP) is 3.61. The van der Waals surface area contributed by atoms with Crippen LogP contribution in [0.5, 0.6) is 0 Å². The van der Waals surface area contributed by atoms with Gasteiger partial charge in [-0.1, -0.05) is 24.3 Å². The molecule has 0 spiro atoms. The topological polar surface area (TPSA) is 9.23 Å². The lowest BCUT2D eigenvalue weighted by atomic mass is 10.1. The van der Waals surface area contributed by atoms with Crippen LogP contribution in [0.1, 0.15) is 23.6 Å². The Kier molecular flexibility index (Phi) is 3.62. The molecule has 1 unspecified atom stereocenters. The van der Waals surface area contributed by atoms with Crippen LogP contribution in [0.25, 0.3) is 6.08 Å². The van der Waals surface area contributed by atoms with E-state index in [9.17, 15) is 0 Å². The maximum Gasteiger partial charge on any atom is 0.294 e. The molecule has 3 heteroatoms. The van der Waals surface area contributed by atoms with Gasteiger partial charge in [-0.2, -0.15) is 0 Å². The Morgan fingerprint density at radius 1 is 1.16 bits per heavy atom. The highest BCUT2D eigenvalue weighted by Gasteiger charge is 2.51. The Hall–Kier alpha value is -1.06. The highest BCUT2D eigenvalue weighted by Crippen LogP contribution is 2.44. The highest BCUT2D eigenvalue weighted by molar-refractivity contribution is 6.72. The van der Waals surface area contributed by atoms with Crippen LogP contribution in [0.15, 0.2) is 30.0 Å². The number of allylic oxidation sites excluding steroid dienone is 1. The van der Waals surface area contributed by atoms with Gasteiger partial charge in [-0.15, -0.1) is 0 Å². The third kappa shape index (κ3) is 2.37. The second-order valence-corrected chi connectivity index (χ2v) is 11.9. The van der Waals surface area contributed by atoms with Crippen LogP contribution in [0.2, 0.25) is 13.1 Å². The van der Waals surface area contributed by atoms with Gasteiger partial charge in [0.15, 0.2) is 0 Å². The minimum absolute atomic E-state index is 0.462. The number of hydrogen-bond donors (Lipinski definition) is 0. The molecule has 0 aromatic heterocycles.